The molecule has 0 unspecified atom stereocenters. The maximum atomic E-state index is 12.3. The van der Waals surface area contributed by atoms with E-state index in [1.54, 1.807) is 24.3 Å². The summed E-state index contributed by atoms with van der Waals surface area (Å²) in [4.78, 5) is 25.9. The molecular formula is C20H17N3O3S. The van der Waals surface area contributed by atoms with Crippen LogP contribution in [-0.2, 0) is 6.42 Å². The number of aromatic nitrogens is 2. The van der Waals surface area contributed by atoms with Crippen LogP contribution in [0.4, 0.5) is 0 Å². The second kappa shape index (κ2) is 7.75. The number of fused-ring (bicyclic) bond motifs is 1. The molecule has 0 N–H and O–H groups in total. The first kappa shape index (κ1) is 17.5. The van der Waals surface area contributed by atoms with Crippen LogP contribution < -0.4 is 0 Å². The lowest BCUT2D eigenvalue weighted by molar-refractivity contribution is 0.0655. The number of carbonyl (C=O) groups is 2. The SMILES string of the molecule is O=C1c2ccccc2C(=O)N1CCCSc1nnc(Cc2ccccc2)o1. The number of amides is 2. The van der Waals surface area contributed by atoms with Gasteiger partial charge in [0, 0.05) is 12.3 Å². The molecule has 0 bridgehead atoms. The molecule has 0 atom stereocenters. The highest BCUT2D eigenvalue weighted by Gasteiger charge is 2.34. The van der Waals surface area contributed by atoms with Gasteiger partial charge in [-0.05, 0) is 24.1 Å². The average Bonchev–Trinajstić information content (AvgIpc) is 3.24. The molecule has 27 heavy (non-hydrogen) atoms. The van der Waals surface area contributed by atoms with Crippen molar-refractivity contribution in [3.8, 4) is 0 Å². The predicted octanol–water partition coefficient (Wildman–Crippen LogP) is 3.44. The molecule has 0 radical (unpaired) electrons. The highest BCUT2D eigenvalue weighted by molar-refractivity contribution is 7.99. The van der Waals surface area contributed by atoms with Crippen LogP contribution in [0.1, 0.15) is 38.6 Å². The number of hydrogen-bond acceptors (Lipinski definition) is 6. The third kappa shape index (κ3) is 3.78. The maximum absolute atomic E-state index is 12.3. The van der Waals surface area contributed by atoms with E-state index < -0.39 is 0 Å². The van der Waals surface area contributed by atoms with E-state index in [2.05, 4.69) is 10.2 Å². The van der Waals surface area contributed by atoms with Gasteiger partial charge >= 0.3 is 0 Å². The fourth-order valence-corrected chi connectivity index (χ4v) is 3.66. The van der Waals surface area contributed by atoms with Crippen LogP contribution in [0.25, 0.3) is 0 Å². The lowest BCUT2D eigenvalue weighted by Gasteiger charge is -2.12. The van der Waals surface area contributed by atoms with Crippen LogP contribution >= 0.6 is 11.8 Å². The summed E-state index contributed by atoms with van der Waals surface area (Å²) < 4.78 is 5.65. The van der Waals surface area contributed by atoms with Gasteiger partial charge in [0.2, 0.25) is 5.89 Å². The molecule has 136 valence electrons. The zero-order valence-electron chi connectivity index (χ0n) is 14.5. The van der Waals surface area contributed by atoms with E-state index in [1.807, 2.05) is 30.3 Å². The summed E-state index contributed by atoms with van der Waals surface area (Å²) in [6, 6.07) is 16.9. The Morgan fingerprint density at radius 1 is 0.889 bits per heavy atom. The number of nitrogens with zero attached hydrogens (tertiary/aromatic N) is 3. The van der Waals surface area contributed by atoms with Crippen molar-refractivity contribution in [2.75, 3.05) is 12.3 Å². The van der Waals surface area contributed by atoms with Gasteiger partial charge in [0.15, 0.2) is 0 Å². The third-order valence-electron chi connectivity index (χ3n) is 4.28. The zero-order chi connectivity index (χ0) is 18.6. The van der Waals surface area contributed by atoms with Gasteiger partial charge in [0.25, 0.3) is 17.0 Å². The van der Waals surface area contributed by atoms with Crippen molar-refractivity contribution in [2.24, 2.45) is 0 Å². The Balaban J connectivity index is 1.27. The van der Waals surface area contributed by atoms with Crippen LogP contribution in [0, 0.1) is 0 Å². The number of hydrogen-bond donors (Lipinski definition) is 0. The summed E-state index contributed by atoms with van der Waals surface area (Å²) in [6.45, 7) is 0.379. The summed E-state index contributed by atoms with van der Waals surface area (Å²) in [6.07, 6.45) is 1.26. The van der Waals surface area contributed by atoms with E-state index in [0.29, 0.717) is 47.4 Å². The molecule has 0 saturated carbocycles. The van der Waals surface area contributed by atoms with Gasteiger partial charge in [-0.25, -0.2) is 0 Å². The van der Waals surface area contributed by atoms with Crippen molar-refractivity contribution in [2.45, 2.75) is 18.1 Å². The van der Waals surface area contributed by atoms with Crippen LogP contribution in [-0.4, -0.2) is 39.2 Å². The largest absolute Gasteiger partial charge is 0.416 e. The minimum absolute atomic E-state index is 0.219. The van der Waals surface area contributed by atoms with Crippen LogP contribution in [0.15, 0.2) is 64.2 Å². The average molecular weight is 379 g/mol. The molecule has 6 nitrogen and oxygen atoms in total. The number of benzene rings is 2. The first-order valence-corrected chi connectivity index (χ1v) is 9.65. The Hall–Kier alpha value is -2.93. The second-order valence-electron chi connectivity index (χ2n) is 6.13. The Bertz CT molecular complexity index is 936. The predicted molar refractivity (Wildman–Crippen MR) is 101 cm³/mol. The molecule has 2 aromatic carbocycles. The summed E-state index contributed by atoms with van der Waals surface area (Å²) in [5.41, 5.74) is 2.08. The maximum Gasteiger partial charge on any atom is 0.276 e. The van der Waals surface area contributed by atoms with E-state index in [4.69, 9.17) is 4.42 Å². The minimum Gasteiger partial charge on any atom is -0.416 e. The highest BCUT2D eigenvalue weighted by atomic mass is 32.2. The van der Waals surface area contributed by atoms with E-state index in [1.165, 1.54) is 16.7 Å². The topological polar surface area (TPSA) is 76.3 Å². The highest BCUT2D eigenvalue weighted by Crippen LogP contribution is 2.24. The first-order chi connectivity index (χ1) is 13.2. The summed E-state index contributed by atoms with van der Waals surface area (Å²) >= 11 is 1.43. The fourth-order valence-electron chi connectivity index (χ4n) is 2.96. The number of carbonyl (C=O) groups excluding carboxylic acids is 2. The van der Waals surface area contributed by atoms with Crippen LogP contribution in [0.5, 0.6) is 0 Å². The molecule has 0 spiro atoms. The molecule has 0 fully saturated rings. The van der Waals surface area contributed by atoms with Crippen molar-refractivity contribution in [1.82, 2.24) is 15.1 Å². The van der Waals surface area contributed by atoms with E-state index >= 15 is 0 Å². The molecule has 1 aromatic heterocycles. The minimum atomic E-state index is -0.219. The summed E-state index contributed by atoms with van der Waals surface area (Å²) in [5, 5.41) is 8.61. The van der Waals surface area contributed by atoms with Crippen molar-refractivity contribution in [1.29, 1.82) is 0 Å². The van der Waals surface area contributed by atoms with Gasteiger partial charge in [-0.1, -0.05) is 54.2 Å². The normalized spacial score (nSPS) is 13.3. The molecule has 0 aliphatic carbocycles. The second-order valence-corrected chi connectivity index (χ2v) is 7.18. The number of imide groups is 1. The molecular weight excluding hydrogens is 362 g/mol. The number of thioether (sulfide) groups is 1. The van der Waals surface area contributed by atoms with Crippen molar-refractivity contribution >= 4 is 23.6 Å². The standard InChI is InChI=1S/C20H17N3O3S/c24-18-15-9-4-5-10-16(15)19(25)23(18)11-6-12-27-20-22-21-17(26-20)13-14-7-2-1-3-8-14/h1-5,7-10H,6,11-13H2. The lowest BCUT2D eigenvalue weighted by Crippen LogP contribution is -2.30. The Morgan fingerprint density at radius 3 is 2.26 bits per heavy atom. The van der Waals surface area contributed by atoms with Crippen molar-refractivity contribution in [3.63, 3.8) is 0 Å². The first-order valence-electron chi connectivity index (χ1n) is 8.67. The van der Waals surface area contributed by atoms with Crippen molar-refractivity contribution < 1.29 is 14.0 Å². The quantitative estimate of drug-likeness (QED) is 0.356. The van der Waals surface area contributed by atoms with Gasteiger partial charge in [-0.15, -0.1) is 10.2 Å². The van der Waals surface area contributed by atoms with Gasteiger partial charge in [-0.3, -0.25) is 14.5 Å². The lowest BCUT2D eigenvalue weighted by atomic mass is 10.1. The summed E-state index contributed by atoms with van der Waals surface area (Å²) in [7, 11) is 0. The Labute approximate surface area is 160 Å². The zero-order valence-corrected chi connectivity index (χ0v) is 15.3. The van der Waals surface area contributed by atoms with Crippen LogP contribution in [0.3, 0.4) is 0 Å². The number of rotatable bonds is 7. The smallest absolute Gasteiger partial charge is 0.276 e. The molecule has 7 heteroatoms. The van der Waals surface area contributed by atoms with Gasteiger partial charge < -0.3 is 4.42 Å². The van der Waals surface area contributed by atoms with E-state index in [0.717, 1.165) is 5.56 Å². The monoisotopic (exact) mass is 379 g/mol. The van der Waals surface area contributed by atoms with E-state index in [9.17, 15) is 9.59 Å². The molecule has 1 aliphatic rings. The van der Waals surface area contributed by atoms with Gasteiger partial charge in [0.05, 0.1) is 17.5 Å². The molecule has 0 saturated heterocycles. The Kier molecular flexibility index (Phi) is 5.02. The van der Waals surface area contributed by atoms with Crippen molar-refractivity contribution in [3.05, 3.63) is 77.2 Å². The molecule has 2 heterocycles. The fraction of sp³-hybridized carbons (Fsp3) is 0.200. The third-order valence-corrected chi connectivity index (χ3v) is 5.18. The Morgan fingerprint density at radius 2 is 1.56 bits per heavy atom. The van der Waals surface area contributed by atoms with E-state index in [-0.39, 0.29) is 11.8 Å². The molecule has 2 amide bonds. The van der Waals surface area contributed by atoms with Gasteiger partial charge in [0.1, 0.15) is 0 Å². The summed E-state index contributed by atoms with van der Waals surface area (Å²) in [5.74, 6) is 0.816. The molecule has 3 aromatic rings. The molecule has 4 rings (SSSR count). The van der Waals surface area contributed by atoms with Gasteiger partial charge in [-0.2, -0.15) is 0 Å². The van der Waals surface area contributed by atoms with Crippen LogP contribution in [0.2, 0.25) is 0 Å². The molecule has 1 aliphatic heterocycles.